The number of para-hydroxylation sites is 1. The first-order valence-electron chi connectivity index (χ1n) is 10.8. The van der Waals surface area contributed by atoms with Gasteiger partial charge in [-0.25, -0.2) is 14.6 Å². The lowest BCUT2D eigenvalue weighted by molar-refractivity contribution is 0.102. The third-order valence-corrected chi connectivity index (χ3v) is 5.63. The Labute approximate surface area is 194 Å². The second-order valence-corrected chi connectivity index (χ2v) is 7.93. The molecular formula is C26H19N7O. The minimum absolute atomic E-state index is 0.225. The van der Waals surface area contributed by atoms with Gasteiger partial charge in [0.05, 0.1) is 23.0 Å². The molecule has 3 heterocycles. The van der Waals surface area contributed by atoms with Crippen molar-refractivity contribution in [3.63, 3.8) is 0 Å². The highest BCUT2D eigenvalue weighted by atomic mass is 16.1. The van der Waals surface area contributed by atoms with Gasteiger partial charge in [0.2, 0.25) is 0 Å². The summed E-state index contributed by atoms with van der Waals surface area (Å²) >= 11 is 0. The smallest absolute Gasteiger partial charge is 0.256 e. The summed E-state index contributed by atoms with van der Waals surface area (Å²) in [5, 5.41) is 14.9. The molecule has 0 atom stereocenters. The van der Waals surface area contributed by atoms with E-state index in [9.17, 15) is 4.79 Å². The lowest BCUT2D eigenvalue weighted by atomic mass is 10.1. The molecule has 0 unspecified atom stereocenters. The van der Waals surface area contributed by atoms with Crippen molar-refractivity contribution in [1.29, 1.82) is 0 Å². The molecule has 0 spiro atoms. The first-order chi connectivity index (χ1) is 16.7. The average molecular weight is 445 g/mol. The Morgan fingerprint density at radius 1 is 0.853 bits per heavy atom. The summed E-state index contributed by atoms with van der Waals surface area (Å²) < 4.78 is 3.37. The summed E-state index contributed by atoms with van der Waals surface area (Å²) in [5.41, 5.74) is 2.85. The van der Waals surface area contributed by atoms with Crippen LogP contribution in [-0.4, -0.2) is 35.4 Å². The zero-order chi connectivity index (χ0) is 23.1. The topological polar surface area (TPSA) is 90.5 Å². The SMILES string of the molecule is Cc1cc(NC(=O)c2ccc3ccccc3c2)n(-c2ncnc3c2cnn3-c2ccccc2)n1. The van der Waals surface area contributed by atoms with Crippen molar-refractivity contribution in [2.24, 2.45) is 0 Å². The van der Waals surface area contributed by atoms with Gasteiger partial charge < -0.3 is 5.32 Å². The molecule has 3 aromatic carbocycles. The minimum atomic E-state index is -0.225. The molecule has 0 aliphatic heterocycles. The fraction of sp³-hybridized carbons (Fsp3) is 0.0385. The van der Waals surface area contributed by atoms with Gasteiger partial charge in [-0.3, -0.25) is 4.79 Å². The van der Waals surface area contributed by atoms with Gasteiger partial charge in [0, 0.05) is 11.6 Å². The number of amides is 1. The standard InChI is InChI=1S/C26H19N7O/c1-17-13-23(30-26(34)20-12-11-18-7-5-6-8-19(18)14-20)33(31-17)25-22-15-29-32(24(22)27-16-28-25)21-9-3-2-4-10-21/h2-16H,1H3,(H,30,34). The molecule has 164 valence electrons. The Balaban J connectivity index is 1.39. The van der Waals surface area contributed by atoms with E-state index in [2.05, 4.69) is 25.5 Å². The molecule has 0 radical (unpaired) electrons. The normalized spacial score (nSPS) is 11.2. The van der Waals surface area contributed by atoms with Crippen molar-refractivity contribution in [1.82, 2.24) is 29.5 Å². The van der Waals surface area contributed by atoms with Crippen LogP contribution >= 0.6 is 0 Å². The molecule has 8 heteroatoms. The van der Waals surface area contributed by atoms with Gasteiger partial charge in [-0.05, 0) is 42.0 Å². The Bertz CT molecular complexity index is 1670. The van der Waals surface area contributed by atoms with E-state index in [1.54, 1.807) is 15.6 Å². The van der Waals surface area contributed by atoms with Crippen LogP contribution in [-0.2, 0) is 0 Å². The zero-order valence-corrected chi connectivity index (χ0v) is 18.3. The largest absolute Gasteiger partial charge is 0.306 e. The molecule has 0 aliphatic rings. The molecule has 3 aromatic heterocycles. The summed E-state index contributed by atoms with van der Waals surface area (Å²) in [4.78, 5) is 22.0. The lowest BCUT2D eigenvalue weighted by Crippen LogP contribution is -2.15. The van der Waals surface area contributed by atoms with Gasteiger partial charge in [0.1, 0.15) is 12.1 Å². The Morgan fingerprint density at radius 2 is 1.65 bits per heavy atom. The van der Waals surface area contributed by atoms with Crippen molar-refractivity contribution >= 4 is 33.5 Å². The maximum absolute atomic E-state index is 13.1. The number of aryl methyl sites for hydroxylation is 1. The fourth-order valence-corrected chi connectivity index (χ4v) is 4.03. The third kappa shape index (κ3) is 3.38. The van der Waals surface area contributed by atoms with Crippen LogP contribution in [0.4, 0.5) is 5.82 Å². The highest BCUT2D eigenvalue weighted by Gasteiger charge is 2.18. The Kier molecular flexibility index (Phi) is 4.62. The highest BCUT2D eigenvalue weighted by Crippen LogP contribution is 2.25. The molecule has 0 saturated carbocycles. The first kappa shape index (κ1) is 19.8. The summed E-state index contributed by atoms with van der Waals surface area (Å²) in [5.74, 6) is 0.828. The number of hydrogen-bond donors (Lipinski definition) is 1. The molecule has 6 aromatic rings. The van der Waals surface area contributed by atoms with Gasteiger partial charge in [-0.1, -0.05) is 48.5 Å². The third-order valence-electron chi connectivity index (χ3n) is 5.63. The zero-order valence-electron chi connectivity index (χ0n) is 18.3. The van der Waals surface area contributed by atoms with E-state index in [1.165, 1.54) is 6.33 Å². The second-order valence-electron chi connectivity index (χ2n) is 7.93. The number of nitrogens with one attached hydrogen (secondary N) is 1. The van der Waals surface area contributed by atoms with E-state index in [0.29, 0.717) is 22.8 Å². The van der Waals surface area contributed by atoms with Gasteiger partial charge >= 0.3 is 0 Å². The minimum Gasteiger partial charge on any atom is -0.306 e. The molecule has 6 rings (SSSR count). The number of anilines is 1. The monoisotopic (exact) mass is 445 g/mol. The Morgan fingerprint density at radius 3 is 2.50 bits per heavy atom. The van der Waals surface area contributed by atoms with Gasteiger partial charge in [-0.2, -0.15) is 14.9 Å². The molecule has 8 nitrogen and oxygen atoms in total. The predicted octanol–water partition coefficient (Wildman–Crippen LogP) is 4.72. The van der Waals surface area contributed by atoms with Crippen LogP contribution in [0.2, 0.25) is 0 Å². The van der Waals surface area contributed by atoms with Crippen LogP contribution in [0.1, 0.15) is 16.1 Å². The summed E-state index contributed by atoms with van der Waals surface area (Å²) in [6.07, 6.45) is 3.19. The molecule has 0 bridgehead atoms. The van der Waals surface area contributed by atoms with E-state index >= 15 is 0 Å². The van der Waals surface area contributed by atoms with Gasteiger partial charge in [-0.15, -0.1) is 0 Å². The molecule has 34 heavy (non-hydrogen) atoms. The number of carbonyl (C=O) groups excluding carboxylic acids is 1. The number of nitrogens with zero attached hydrogens (tertiary/aromatic N) is 6. The van der Waals surface area contributed by atoms with E-state index in [1.807, 2.05) is 85.8 Å². The molecular weight excluding hydrogens is 426 g/mol. The van der Waals surface area contributed by atoms with Crippen molar-refractivity contribution in [2.75, 3.05) is 5.32 Å². The summed E-state index contributed by atoms with van der Waals surface area (Å²) in [6, 6.07) is 25.2. The second kappa shape index (κ2) is 7.93. The lowest BCUT2D eigenvalue weighted by Gasteiger charge is -2.10. The van der Waals surface area contributed by atoms with Crippen molar-refractivity contribution in [3.05, 3.63) is 103 Å². The molecule has 1 amide bonds. The van der Waals surface area contributed by atoms with E-state index in [4.69, 9.17) is 0 Å². The van der Waals surface area contributed by atoms with Gasteiger partial charge in [0.25, 0.3) is 5.91 Å². The number of rotatable bonds is 4. The fourth-order valence-electron chi connectivity index (χ4n) is 4.03. The van der Waals surface area contributed by atoms with Crippen molar-refractivity contribution < 1.29 is 4.79 Å². The predicted molar refractivity (Wildman–Crippen MR) is 130 cm³/mol. The maximum Gasteiger partial charge on any atom is 0.256 e. The van der Waals surface area contributed by atoms with Gasteiger partial charge in [0.15, 0.2) is 11.5 Å². The number of hydrogen-bond acceptors (Lipinski definition) is 5. The van der Waals surface area contributed by atoms with Crippen LogP contribution in [0.5, 0.6) is 0 Å². The maximum atomic E-state index is 13.1. The average Bonchev–Trinajstić information content (AvgIpc) is 3.47. The van der Waals surface area contributed by atoms with Crippen LogP contribution < -0.4 is 5.32 Å². The van der Waals surface area contributed by atoms with Crippen LogP contribution in [0.25, 0.3) is 33.3 Å². The highest BCUT2D eigenvalue weighted by molar-refractivity contribution is 6.06. The van der Waals surface area contributed by atoms with Crippen LogP contribution in [0.3, 0.4) is 0 Å². The van der Waals surface area contributed by atoms with E-state index in [-0.39, 0.29) is 5.91 Å². The number of carbonyl (C=O) groups is 1. The number of aromatic nitrogens is 6. The van der Waals surface area contributed by atoms with Crippen LogP contribution in [0.15, 0.2) is 91.4 Å². The van der Waals surface area contributed by atoms with E-state index in [0.717, 1.165) is 27.5 Å². The van der Waals surface area contributed by atoms with Crippen molar-refractivity contribution in [3.8, 4) is 11.5 Å². The molecule has 1 N–H and O–H groups in total. The van der Waals surface area contributed by atoms with E-state index < -0.39 is 0 Å². The number of fused-ring (bicyclic) bond motifs is 2. The molecule has 0 aliphatic carbocycles. The Hall–Kier alpha value is -4.85. The summed E-state index contributed by atoms with van der Waals surface area (Å²) in [6.45, 7) is 1.87. The van der Waals surface area contributed by atoms with Crippen molar-refractivity contribution in [2.45, 2.75) is 6.92 Å². The summed E-state index contributed by atoms with van der Waals surface area (Å²) in [7, 11) is 0. The first-order valence-corrected chi connectivity index (χ1v) is 10.8. The molecule has 0 saturated heterocycles. The molecule has 0 fully saturated rings. The number of benzene rings is 3. The van der Waals surface area contributed by atoms with Crippen LogP contribution in [0, 0.1) is 6.92 Å². The quantitative estimate of drug-likeness (QED) is 0.424.